The standard InChI is InChI=1S/C16H26N2O3S/c1-17-22(19,20)13-5-12-18-16(10-3-4-11-16)14-6-8-15(21-2)9-7-14/h6-9,17-18H,3-5,10-13H2,1-2H3. The number of hydrogen-bond acceptors (Lipinski definition) is 4. The summed E-state index contributed by atoms with van der Waals surface area (Å²) in [6.45, 7) is 0.701. The van der Waals surface area contributed by atoms with Crippen LogP contribution < -0.4 is 14.8 Å². The van der Waals surface area contributed by atoms with Crippen LogP contribution in [0.1, 0.15) is 37.7 Å². The summed E-state index contributed by atoms with van der Waals surface area (Å²) in [5, 5.41) is 3.61. The van der Waals surface area contributed by atoms with Crippen molar-refractivity contribution in [2.24, 2.45) is 0 Å². The highest BCUT2D eigenvalue weighted by Crippen LogP contribution is 2.39. The number of methoxy groups -OCH3 is 1. The van der Waals surface area contributed by atoms with Crippen molar-refractivity contribution in [3.05, 3.63) is 29.8 Å². The van der Waals surface area contributed by atoms with Gasteiger partial charge in [-0.1, -0.05) is 25.0 Å². The Morgan fingerprint density at radius 1 is 1.18 bits per heavy atom. The minimum atomic E-state index is -3.12. The van der Waals surface area contributed by atoms with Crippen LogP contribution in [0.5, 0.6) is 5.75 Å². The molecule has 0 amide bonds. The molecule has 1 fully saturated rings. The molecule has 0 spiro atoms. The summed E-state index contributed by atoms with van der Waals surface area (Å²) in [6.07, 6.45) is 5.21. The highest BCUT2D eigenvalue weighted by atomic mass is 32.2. The molecule has 0 unspecified atom stereocenters. The van der Waals surface area contributed by atoms with E-state index < -0.39 is 10.0 Å². The lowest BCUT2D eigenvalue weighted by molar-refractivity contribution is 0.341. The molecule has 0 aromatic heterocycles. The van der Waals surface area contributed by atoms with Gasteiger partial charge in [-0.2, -0.15) is 0 Å². The van der Waals surface area contributed by atoms with Crippen LogP contribution in [0.25, 0.3) is 0 Å². The van der Waals surface area contributed by atoms with Crippen LogP contribution in [0.15, 0.2) is 24.3 Å². The van der Waals surface area contributed by atoms with E-state index in [2.05, 4.69) is 22.2 Å². The van der Waals surface area contributed by atoms with Gasteiger partial charge in [-0.3, -0.25) is 0 Å². The second-order valence-electron chi connectivity index (χ2n) is 5.82. The van der Waals surface area contributed by atoms with Crippen molar-refractivity contribution in [3.63, 3.8) is 0 Å². The zero-order chi connectivity index (χ0) is 16.1. The molecule has 6 heteroatoms. The molecule has 2 rings (SSSR count). The Balaban J connectivity index is 1.99. The summed E-state index contributed by atoms with van der Waals surface area (Å²) >= 11 is 0. The molecule has 0 saturated heterocycles. The van der Waals surface area contributed by atoms with Crippen molar-refractivity contribution >= 4 is 10.0 Å². The lowest BCUT2D eigenvalue weighted by atomic mass is 9.88. The Kier molecular flexibility index (Phi) is 5.83. The van der Waals surface area contributed by atoms with Crippen LogP contribution in [0, 0.1) is 0 Å². The topological polar surface area (TPSA) is 67.4 Å². The Bertz CT molecular complexity index is 564. The molecule has 1 aromatic rings. The van der Waals surface area contributed by atoms with E-state index in [0.29, 0.717) is 13.0 Å². The summed E-state index contributed by atoms with van der Waals surface area (Å²) in [5.74, 6) is 1.02. The van der Waals surface area contributed by atoms with Gasteiger partial charge < -0.3 is 10.1 Å². The molecule has 5 nitrogen and oxygen atoms in total. The molecule has 1 aromatic carbocycles. The van der Waals surface area contributed by atoms with Gasteiger partial charge in [-0.25, -0.2) is 13.1 Å². The van der Waals surface area contributed by atoms with Crippen LogP contribution in [0.4, 0.5) is 0 Å². The molecule has 124 valence electrons. The van der Waals surface area contributed by atoms with Crippen LogP contribution in [-0.4, -0.2) is 34.9 Å². The molecule has 1 aliphatic rings. The highest BCUT2D eigenvalue weighted by Gasteiger charge is 2.34. The van der Waals surface area contributed by atoms with Gasteiger partial charge in [0.1, 0.15) is 5.75 Å². The number of rotatable bonds is 8. The SMILES string of the molecule is CNS(=O)(=O)CCCNC1(c2ccc(OC)cc2)CCCC1. The molecule has 1 saturated carbocycles. The lowest BCUT2D eigenvalue weighted by Gasteiger charge is -2.31. The third-order valence-corrected chi connectivity index (χ3v) is 5.91. The second-order valence-corrected chi connectivity index (χ2v) is 7.87. The normalized spacial score (nSPS) is 17.5. The molecule has 2 N–H and O–H groups in total. The number of nitrogens with one attached hydrogen (secondary N) is 2. The van der Waals surface area contributed by atoms with E-state index in [-0.39, 0.29) is 11.3 Å². The van der Waals surface area contributed by atoms with E-state index in [4.69, 9.17) is 4.74 Å². The maximum atomic E-state index is 11.5. The Morgan fingerprint density at radius 2 is 1.82 bits per heavy atom. The van der Waals surface area contributed by atoms with E-state index in [1.165, 1.54) is 25.5 Å². The lowest BCUT2D eigenvalue weighted by Crippen LogP contribution is -2.41. The van der Waals surface area contributed by atoms with Crippen molar-refractivity contribution in [2.75, 3.05) is 26.5 Å². The number of sulfonamides is 1. The average molecular weight is 326 g/mol. The van der Waals surface area contributed by atoms with E-state index in [1.807, 2.05) is 12.1 Å². The molecule has 0 atom stereocenters. The largest absolute Gasteiger partial charge is 0.497 e. The molecule has 22 heavy (non-hydrogen) atoms. The van der Waals surface area contributed by atoms with Crippen LogP contribution in [-0.2, 0) is 15.6 Å². The third kappa shape index (κ3) is 4.21. The Hall–Kier alpha value is -1.11. The number of hydrogen-bond donors (Lipinski definition) is 2. The van der Waals surface area contributed by atoms with Crippen molar-refractivity contribution < 1.29 is 13.2 Å². The van der Waals surface area contributed by atoms with Gasteiger partial charge in [0, 0.05) is 5.54 Å². The predicted octanol–water partition coefficient (Wildman–Crippen LogP) is 1.99. The van der Waals surface area contributed by atoms with E-state index in [1.54, 1.807) is 7.11 Å². The molecule has 0 aliphatic heterocycles. The average Bonchev–Trinajstić information content (AvgIpc) is 3.02. The summed E-state index contributed by atoms with van der Waals surface area (Å²) in [7, 11) is 0.00916. The number of ether oxygens (including phenoxy) is 1. The zero-order valence-electron chi connectivity index (χ0n) is 13.4. The maximum absolute atomic E-state index is 11.5. The van der Waals surface area contributed by atoms with Crippen LogP contribution in [0.3, 0.4) is 0 Å². The molecular weight excluding hydrogens is 300 g/mol. The maximum Gasteiger partial charge on any atom is 0.211 e. The number of benzene rings is 1. The monoisotopic (exact) mass is 326 g/mol. The minimum Gasteiger partial charge on any atom is -0.497 e. The van der Waals surface area contributed by atoms with E-state index in [0.717, 1.165) is 18.6 Å². The fraction of sp³-hybridized carbons (Fsp3) is 0.625. The van der Waals surface area contributed by atoms with E-state index >= 15 is 0 Å². The van der Waals surface area contributed by atoms with Crippen molar-refractivity contribution in [2.45, 2.75) is 37.6 Å². The van der Waals surface area contributed by atoms with Gasteiger partial charge in [-0.15, -0.1) is 0 Å². The van der Waals surface area contributed by atoms with E-state index in [9.17, 15) is 8.42 Å². The van der Waals surface area contributed by atoms with Crippen LogP contribution >= 0.6 is 0 Å². The zero-order valence-corrected chi connectivity index (χ0v) is 14.2. The van der Waals surface area contributed by atoms with Crippen molar-refractivity contribution in [1.82, 2.24) is 10.0 Å². The molecule has 1 aliphatic carbocycles. The predicted molar refractivity (Wildman–Crippen MR) is 88.6 cm³/mol. The first-order valence-electron chi connectivity index (χ1n) is 7.82. The first kappa shape index (κ1) is 17.2. The van der Waals surface area contributed by atoms with Gasteiger partial charge in [0.25, 0.3) is 0 Å². The third-order valence-electron chi connectivity index (χ3n) is 4.46. The Labute approximate surface area is 133 Å². The minimum absolute atomic E-state index is 0.0182. The summed E-state index contributed by atoms with van der Waals surface area (Å²) in [4.78, 5) is 0. The summed E-state index contributed by atoms with van der Waals surface area (Å²) < 4.78 is 30.5. The van der Waals surface area contributed by atoms with Gasteiger partial charge in [-0.05, 0) is 50.6 Å². The smallest absolute Gasteiger partial charge is 0.211 e. The fourth-order valence-electron chi connectivity index (χ4n) is 3.15. The van der Waals surface area contributed by atoms with Gasteiger partial charge >= 0.3 is 0 Å². The Morgan fingerprint density at radius 3 is 2.36 bits per heavy atom. The highest BCUT2D eigenvalue weighted by molar-refractivity contribution is 7.89. The van der Waals surface area contributed by atoms with Crippen LogP contribution in [0.2, 0.25) is 0 Å². The summed E-state index contributed by atoms with van der Waals surface area (Å²) in [5.41, 5.74) is 1.25. The first-order chi connectivity index (χ1) is 10.5. The molecule has 0 bridgehead atoms. The molecule has 0 radical (unpaired) electrons. The summed E-state index contributed by atoms with van der Waals surface area (Å²) in [6, 6.07) is 8.20. The molecular formula is C16H26N2O3S. The fourth-order valence-corrected chi connectivity index (χ4v) is 3.88. The van der Waals surface area contributed by atoms with Crippen molar-refractivity contribution in [1.29, 1.82) is 0 Å². The second kappa shape index (κ2) is 7.44. The van der Waals surface area contributed by atoms with Gasteiger partial charge in [0.15, 0.2) is 0 Å². The van der Waals surface area contributed by atoms with Gasteiger partial charge in [0.2, 0.25) is 10.0 Å². The first-order valence-corrected chi connectivity index (χ1v) is 9.47. The van der Waals surface area contributed by atoms with Gasteiger partial charge in [0.05, 0.1) is 12.9 Å². The van der Waals surface area contributed by atoms with Crippen molar-refractivity contribution in [3.8, 4) is 5.75 Å². The molecule has 0 heterocycles. The quantitative estimate of drug-likeness (QED) is 0.717.